The lowest BCUT2D eigenvalue weighted by Gasteiger charge is -2.43. The van der Waals surface area contributed by atoms with Crippen LogP contribution in [-0.2, 0) is 15.1 Å². The molecule has 112 valence electrons. The minimum Gasteiger partial charge on any atom is -0.509 e. The van der Waals surface area contributed by atoms with E-state index in [2.05, 4.69) is 0 Å². The summed E-state index contributed by atoms with van der Waals surface area (Å²) in [4.78, 5) is 24.5. The molecule has 5 nitrogen and oxygen atoms in total. The molecule has 1 aliphatic carbocycles. The number of ketones is 1. The van der Waals surface area contributed by atoms with Gasteiger partial charge < -0.3 is 14.4 Å². The van der Waals surface area contributed by atoms with Crippen molar-refractivity contribution in [1.29, 1.82) is 0 Å². The second kappa shape index (κ2) is 4.76. The lowest BCUT2D eigenvalue weighted by atomic mass is 9.75. The summed E-state index contributed by atoms with van der Waals surface area (Å²) < 4.78 is 6.61. The van der Waals surface area contributed by atoms with Gasteiger partial charge in [0.1, 0.15) is 16.9 Å². The van der Waals surface area contributed by atoms with Gasteiger partial charge in [0, 0.05) is 5.69 Å². The van der Waals surface area contributed by atoms with Gasteiger partial charge in [0.25, 0.3) is 0 Å². The van der Waals surface area contributed by atoms with E-state index < -0.39 is 17.3 Å². The molecule has 0 aromatic carbocycles. The van der Waals surface area contributed by atoms with E-state index in [9.17, 15) is 14.7 Å². The number of nitrogens with zero attached hydrogens (tertiary/aromatic N) is 1. The summed E-state index contributed by atoms with van der Waals surface area (Å²) in [5.41, 5.74) is 0.520. The van der Waals surface area contributed by atoms with Crippen molar-refractivity contribution < 1.29 is 19.4 Å². The number of allylic oxidation sites excluding steroid dienone is 1. The van der Waals surface area contributed by atoms with Crippen LogP contribution in [0.4, 0.5) is 0 Å². The molecule has 5 heteroatoms. The SMILES string of the molecule is COC(=O)C1=C(O)C2(CCCCC2)n2c(C)ccc2C1=O. The molecule has 1 N–H and O–H groups in total. The summed E-state index contributed by atoms with van der Waals surface area (Å²) in [5.74, 6) is -1.33. The molecule has 1 saturated carbocycles. The highest BCUT2D eigenvalue weighted by atomic mass is 16.5. The number of rotatable bonds is 1. The highest BCUT2D eigenvalue weighted by molar-refractivity contribution is 6.24. The third-order valence-electron chi connectivity index (χ3n) is 4.71. The number of hydrogen-bond donors (Lipinski definition) is 1. The number of aliphatic hydroxyl groups excluding tert-OH is 1. The predicted molar refractivity (Wildman–Crippen MR) is 76.2 cm³/mol. The van der Waals surface area contributed by atoms with Gasteiger partial charge in [0.05, 0.1) is 12.8 Å². The van der Waals surface area contributed by atoms with Gasteiger partial charge in [-0.1, -0.05) is 19.3 Å². The number of fused-ring (bicyclic) bond motifs is 2. The average Bonchev–Trinajstić information content (AvgIpc) is 2.89. The topological polar surface area (TPSA) is 68.5 Å². The predicted octanol–water partition coefficient (Wildman–Crippen LogP) is 2.64. The first-order chi connectivity index (χ1) is 10.0. The Morgan fingerprint density at radius 1 is 1.29 bits per heavy atom. The summed E-state index contributed by atoms with van der Waals surface area (Å²) in [6.45, 7) is 1.92. The Balaban J connectivity index is 2.27. The van der Waals surface area contributed by atoms with Crippen LogP contribution in [0.1, 0.15) is 48.3 Å². The van der Waals surface area contributed by atoms with Crippen LogP contribution in [0, 0.1) is 6.92 Å². The molecular weight excluding hydrogens is 270 g/mol. The van der Waals surface area contributed by atoms with E-state index in [0.29, 0.717) is 5.69 Å². The monoisotopic (exact) mass is 289 g/mol. The van der Waals surface area contributed by atoms with Crippen LogP contribution in [0.5, 0.6) is 0 Å². The number of Topliss-reactive ketones (excluding diaryl/α,β-unsaturated/α-hetero) is 1. The summed E-state index contributed by atoms with van der Waals surface area (Å²) in [6.07, 6.45) is 4.49. The molecule has 0 unspecified atom stereocenters. The molecule has 0 saturated heterocycles. The summed E-state index contributed by atoms with van der Waals surface area (Å²) in [7, 11) is 1.22. The third-order valence-corrected chi connectivity index (χ3v) is 4.71. The number of ether oxygens (including phenoxy) is 1. The van der Waals surface area contributed by atoms with Gasteiger partial charge in [-0.2, -0.15) is 0 Å². The van der Waals surface area contributed by atoms with E-state index in [1.807, 2.05) is 17.6 Å². The van der Waals surface area contributed by atoms with Crippen LogP contribution in [0.3, 0.4) is 0 Å². The standard InChI is InChI=1S/C16H19NO4/c1-10-6-7-11-13(18)12(15(20)21-2)14(19)16(17(10)11)8-4-3-5-9-16/h6-7,19H,3-5,8-9H2,1-2H3. The van der Waals surface area contributed by atoms with Crippen LogP contribution in [0.2, 0.25) is 0 Å². The third kappa shape index (κ3) is 1.76. The molecule has 0 atom stereocenters. The van der Waals surface area contributed by atoms with Crippen molar-refractivity contribution in [3.63, 3.8) is 0 Å². The van der Waals surface area contributed by atoms with E-state index >= 15 is 0 Å². The molecule has 1 aromatic rings. The molecule has 21 heavy (non-hydrogen) atoms. The zero-order chi connectivity index (χ0) is 15.2. The zero-order valence-corrected chi connectivity index (χ0v) is 12.3. The first-order valence-electron chi connectivity index (χ1n) is 7.28. The molecule has 0 amide bonds. The van der Waals surface area contributed by atoms with Crippen molar-refractivity contribution in [3.05, 3.63) is 34.9 Å². The lowest BCUT2D eigenvalue weighted by Crippen LogP contribution is -2.45. The first-order valence-corrected chi connectivity index (χ1v) is 7.28. The smallest absolute Gasteiger partial charge is 0.345 e. The number of hydrogen-bond acceptors (Lipinski definition) is 4. The van der Waals surface area contributed by atoms with Crippen molar-refractivity contribution in [3.8, 4) is 0 Å². The molecule has 1 aliphatic heterocycles. The van der Waals surface area contributed by atoms with E-state index in [4.69, 9.17) is 4.74 Å². The van der Waals surface area contributed by atoms with Gasteiger partial charge in [-0.05, 0) is 31.9 Å². The number of carbonyl (C=O) groups is 2. The maximum atomic E-state index is 12.5. The van der Waals surface area contributed by atoms with E-state index in [1.165, 1.54) is 7.11 Å². The zero-order valence-electron chi connectivity index (χ0n) is 12.3. The number of carbonyl (C=O) groups excluding carboxylic acids is 2. The maximum absolute atomic E-state index is 12.5. The van der Waals surface area contributed by atoms with Gasteiger partial charge in [0.15, 0.2) is 0 Å². The van der Waals surface area contributed by atoms with Crippen LogP contribution < -0.4 is 0 Å². The number of aryl methyl sites for hydroxylation is 1. The lowest BCUT2D eigenvalue weighted by molar-refractivity contribution is -0.136. The molecule has 1 aromatic heterocycles. The van der Waals surface area contributed by atoms with Crippen molar-refractivity contribution in [2.75, 3.05) is 7.11 Å². The number of methoxy groups -OCH3 is 1. The van der Waals surface area contributed by atoms with Gasteiger partial charge in [-0.25, -0.2) is 4.79 Å². The maximum Gasteiger partial charge on any atom is 0.345 e. The van der Waals surface area contributed by atoms with Crippen LogP contribution >= 0.6 is 0 Å². The van der Waals surface area contributed by atoms with Crippen LogP contribution in [-0.4, -0.2) is 28.5 Å². The molecule has 0 bridgehead atoms. The normalized spacial score (nSPS) is 20.6. The second-order valence-electron chi connectivity index (χ2n) is 5.83. The minimum atomic E-state index is -0.757. The minimum absolute atomic E-state index is 0.120. The molecule has 2 heterocycles. The van der Waals surface area contributed by atoms with Crippen molar-refractivity contribution in [2.24, 2.45) is 0 Å². The van der Waals surface area contributed by atoms with Crippen molar-refractivity contribution in [1.82, 2.24) is 4.57 Å². The molecule has 1 fully saturated rings. The Hall–Kier alpha value is -2.04. The number of aromatic nitrogens is 1. The molecule has 1 spiro atoms. The second-order valence-corrected chi connectivity index (χ2v) is 5.83. The number of esters is 1. The highest BCUT2D eigenvalue weighted by Crippen LogP contribution is 2.46. The van der Waals surface area contributed by atoms with E-state index in [0.717, 1.165) is 37.8 Å². The van der Waals surface area contributed by atoms with Gasteiger partial charge >= 0.3 is 5.97 Å². The Morgan fingerprint density at radius 3 is 2.57 bits per heavy atom. The van der Waals surface area contributed by atoms with Crippen molar-refractivity contribution >= 4 is 11.8 Å². The van der Waals surface area contributed by atoms with E-state index in [-0.39, 0.29) is 11.3 Å². The first kappa shape index (κ1) is 13.9. The molecule has 0 radical (unpaired) electrons. The Labute approximate surface area is 123 Å². The largest absolute Gasteiger partial charge is 0.509 e. The highest BCUT2D eigenvalue weighted by Gasteiger charge is 2.48. The van der Waals surface area contributed by atoms with E-state index in [1.54, 1.807) is 6.07 Å². The molecular formula is C16H19NO4. The Kier molecular flexibility index (Phi) is 3.15. The fraction of sp³-hybridized carbons (Fsp3) is 0.500. The van der Waals surface area contributed by atoms with Gasteiger partial charge in [-0.3, -0.25) is 4.79 Å². The average molecular weight is 289 g/mol. The van der Waals surface area contributed by atoms with Crippen molar-refractivity contribution in [2.45, 2.75) is 44.6 Å². The summed E-state index contributed by atoms with van der Waals surface area (Å²) in [6, 6.07) is 3.58. The van der Waals surface area contributed by atoms with Gasteiger partial charge in [-0.15, -0.1) is 0 Å². The summed E-state index contributed by atoms with van der Waals surface area (Å²) in [5, 5.41) is 10.7. The fourth-order valence-corrected chi connectivity index (χ4v) is 3.75. The Morgan fingerprint density at radius 2 is 1.95 bits per heavy atom. The summed E-state index contributed by atoms with van der Waals surface area (Å²) >= 11 is 0. The number of aliphatic hydroxyl groups is 1. The van der Waals surface area contributed by atoms with Crippen LogP contribution in [0.15, 0.2) is 23.5 Å². The molecule has 2 aliphatic rings. The quantitative estimate of drug-likeness (QED) is 0.637. The van der Waals surface area contributed by atoms with Crippen LogP contribution in [0.25, 0.3) is 0 Å². The van der Waals surface area contributed by atoms with Gasteiger partial charge in [0.2, 0.25) is 5.78 Å². The molecule has 3 rings (SSSR count). The Bertz CT molecular complexity index is 647. The fourth-order valence-electron chi connectivity index (χ4n) is 3.75.